The van der Waals surface area contributed by atoms with Crippen molar-refractivity contribution < 1.29 is 15.3 Å². The lowest BCUT2D eigenvalue weighted by Gasteiger charge is -2.11. The highest BCUT2D eigenvalue weighted by molar-refractivity contribution is 5.38. The topological polar surface area (TPSA) is 60.7 Å². The molecule has 3 heteroatoms. The highest BCUT2D eigenvalue weighted by Gasteiger charge is 2.09. The Labute approximate surface area is 159 Å². The first-order valence-corrected chi connectivity index (χ1v) is 10.5. The van der Waals surface area contributed by atoms with E-state index in [-0.39, 0.29) is 11.5 Å². The third-order valence-corrected chi connectivity index (χ3v) is 4.82. The van der Waals surface area contributed by atoms with Crippen LogP contribution in [0.5, 0.6) is 11.5 Å². The van der Waals surface area contributed by atoms with E-state index in [1.165, 1.54) is 63.1 Å². The summed E-state index contributed by atoms with van der Waals surface area (Å²) in [5.74, 6) is 0.259. The third kappa shape index (κ3) is 11.2. The van der Waals surface area contributed by atoms with Crippen LogP contribution in [0.4, 0.5) is 0 Å². The van der Waals surface area contributed by atoms with E-state index in [0.717, 1.165) is 32.1 Å². The van der Waals surface area contributed by atoms with E-state index in [1.54, 1.807) is 0 Å². The van der Waals surface area contributed by atoms with Gasteiger partial charge in [-0.1, -0.05) is 64.0 Å². The molecule has 0 heterocycles. The molecule has 0 saturated carbocycles. The second-order valence-electron chi connectivity index (χ2n) is 7.34. The van der Waals surface area contributed by atoms with Gasteiger partial charge in [-0.05, 0) is 50.3 Å². The summed E-state index contributed by atoms with van der Waals surface area (Å²) in [6.07, 6.45) is 19.0. The Morgan fingerprint density at radius 1 is 0.846 bits per heavy atom. The summed E-state index contributed by atoms with van der Waals surface area (Å²) >= 11 is 0. The zero-order valence-corrected chi connectivity index (χ0v) is 16.5. The number of unbranched alkanes of at least 4 members (excludes halogenated alkanes) is 9. The predicted octanol–water partition coefficient (Wildman–Crippen LogP) is 6.26. The third-order valence-electron chi connectivity index (χ3n) is 4.82. The van der Waals surface area contributed by atoms with E-state index in [2.05, 4.69) is 19.1 Å². The largest absolute Gasteiger partial charge is 0.508 e. The van der Waals surface area contributed by atoms with Gasteiger partial charge in [-0.3, -0.25) is 0 Å². The standard InChI is InChI=1S/C23H38O3/c1-2-3-4-5-6-7-8-9-10-11-12-13-14-15-21(24)18-20-19-22(25)16-17-23(20)26/h9-10,16-17,19,21,24-26H,2-8,11-15,18H2,1H3/b10-9-/t21-/m1/s1. The fraction of sp³-hybridized carbons (Fsp3) is 0.652. The van der Waals surface area contributed by atoms with Gasteiger partial charge in [0.05, 0.1) is 6.10 Å². The Kier molecular flexibility index (Phi) is 12.7. The van der Waals surface area contributed by atoms with Crippen LogP contribution in [0.3, 0.4) is 0 Å². The molecular weight excluding hydrogens is 324 g/mol. The van der Waals surface area contributed by atoms with Crippen LogP contribution in [0, 0.1) is 0 Å². The molecule has 1 aromatic carbocycles. The molecule has 3 N–H and O–H groups in total. The Morgan fingerprint density at radius 3 is 2.15 bits per heavy atom. The summed E-state index contributed by atoms with van der Waals surface area (Å²) in [4.78, 5) is 0. The maximum absolute atomic E-state index is 10.1. The van der Waals surface area contributed by atoms with Gasteiger partial charge >= 0.3 is 0 Å². The van der Waals surface area contributed by atoms with Crippen molar-refractivity contribution in [1.29, 1.82) is 0 Å². The Hall–Kier alpha value is -1.48. The molecule has 0 fully saturated rings. The van der Waals surface area contributed by atoms with E-state index < -0.39 is 6.10 Å². The van der Waals surface area contributed by atoms with Gasteiger partial charge in [0.15, 0.2) is 0 Å². The average molecular weight is 363 g/mol. The number of aliphatic hydroxyl groups is 1. The van der Waals surface area contributed by atoms with Gasteiger partial charge in [0, 0.05) is 12.0 Å². The van der Waals surface area contributed by atoms with Crippen molar-refractivity contribution in [3.05, 3.63) is 35.9 Å². The van der Waals surface area contributed by atoms with Crippen LogP contribution in [0.1, 0.15) is 89.5 Å². The fourth-order valence-electron chi connectivity index (χ4n) is 3.19. The lowest BCUT2D eigenvalue weighted by Crippen LogP contribution is -2.10. The summed E-state index contributed by atoms with van der Waals surface area (Å²) in [5, 5.41) is 29.3. The molecule has 0 amide bonds. The van der Waals surface area contributed by atoms with Crippen molar-refractivity contribution >= 4 is 0 Å². The molecule has 1 aromatic rings. The van der Waals surface area contributed by atoms with Crippen molar-refractivity contribution in [1.82, 2.24) is 0 Å². The summed E-state index contributed by atoms with van der Waals surface area (Å²) in [5.41, 5.74) is 0.607. The van der Waals surface area contributed by atoms with Crippen LogP contribution in [0.2, 0.25) is 0 Å². The highest BCUT2D eigenvalue weighted by Crippen LogP contribution is 2.24. The minimum absolute atomic E-state index is 0.123. The van der Waals surface area contributed by atoms with Crippen LogP contribution in [-0.4, -0.2) is 21.4 Å². The molecule has 0 spiro atoms. The average Bonchev–Trinajstić information content (AvgIpc) is 2.62. The van der Waals surface area contributed by atoms with E-state index in [4.69, 9.17) is 0 Å². The van der Waals surface area contributed by atoms with Gasteiger partial charge in [-0.2, -0.15) is 0 Å². The molecule has 1 rings (SSSR count). The Balaban J connectivity index is 1.98. The van der Waals surface area contributed by atoms with Crippen molar-refractivity contribution in [2.24, 2.45) is 0 Å². The predicted molar refractivity (Wildman–Crippen MR) is 110 cm³/mol. The van der Waals surface area contributed by atoms with Gasteiger partial charge in [0.1, 0.15) is 11.5 Å². The number of rotatable bonds is 15. The maximum Gasteiger partial charge on any atom is 0.119 e. The van der Waals surface area contributed by atoms with Gasteiger partial charge in [0.25, 0.3) is 0 Å². The molecule has 0 aromatic heterocycles. The van der Waals surface area contributed by atoms with Crippen LogP contribution < -0.4 is 0 Å². The first-order valence-electron chi connectivity index (χ1n) is 10.5. The van der Waals surface area contributed by atoms with Gasteiger partial charge in [-0.15, -0.1) is 0 Å². The monoisotopic (exact) mass is 362 g/mol. The summed E-state index contributed by atoms with van der Waals surface area (Å²) in [6.45, 7) is 2.25. The number of benzene rings is 1. The van der Waals surface area contributed by atoms with Gasteiger partial charge in [-0.25, -0.2) is 0 Å². The molecule has 0 saturated heterocycles. The number of phenolic OH excluding ortho intramolecular Hbond substituents is 2. The summed E-state index contributed by atoms with van der Waals surface area (Å²) < 4.78 is 0. The lowest BCUT2D eigenvalue weighted by molar-refractivity contribution is 0.160. The molecule has 26 heavy (non-hydrogen) atoms. The van der Waals surface area contributed by atoms with E-state index in [1.807, 2.05) is 0 Å². The smallest absolute Gasteiger partial charge is 0.119 e. The van der Waals surface area contributed by atoms with Crippen LogP contribution in [0.15, 0.2) is 30.4 Å². The number of phenols is 2. The molecule has 0 aliphatic rings. The molecule has 0 aliphatic heterocycles. The van der Waals surface area contributed by atoms with Gasteiger partial charge in [0.2, 0.25) is 0 Å². The number of hydrogen-bond donors (Lipinski definition) is 3. The maximum atomic E-state index is 10.1. The second-order valence-corrected chi connectivity index (χ2v) is 7.34. The summed E-state index contributed by atoms with van der Waals surface area (Å²) in [7, 11) is 0. The minimum Gasteiger partial charge on any atom is -0.508 e. The molecule has 1 atom stereocenters. The number of aliphatic hydroxyl groups excluding tert-OH is 1. The minimum atomic E-state index is -0.467. The van der Waals surface area contributed by atoms with E-state index >= 15 is 0 Å². The van der Waals surface area contributed by atoms with Crippen LogP contribution in [0.25, 0.3) is 0 Å². The van der Waals surface area contributed by atoms with Crippen molar-refractivity contribution in [2.75, 3.05) is 0 Å². The Bertz CT molecular complexity index is 496. The quantitative estimate of drug-likeness (QED) is 0.196. The zero-order valence-electron chi connectivity index (χ0n) is 16.5. The molecule has 0 unspecified atom stereocenters. The normalized spacial score (nSPS) is 12.7. The van der Waals surface area contributed by atoms with Crippen molar-refractivity contribution in [2.45, 2.75) is 96.5 Å². The fourth-order valence-corrected chi connectivity index (χ4v) is 3.19. The van der Waals surface area contributed by atoms with Crippen molar-refractivity contribution in [3.8, 4) is 11.5 Å². The molecule has 0 aliphatic carbocycles. The first kappa shape index (κ1) is 22.6. The first-order chi connectivity index (χ1) is 12.6. The highest BCUT2D eigenvalue weighted by atomic mass is 16.3. The zero-order chi connectivity index (χ0) is 19.0. The second kappa shape index (κ2) is 14.7. The van der Waals surface area contributed by atoms with E-state index in [0.29, 0.717) is 12.0 Å². The number of allylic oxidation sites excluding steroid dienone is 2. The van der Waals surface area contributed by atoms with Crippen LogP contribution >= 0.6 is 0 Å². The number of hydrogen-bond acceptors (Lipinski definition) is 3. The molecule has 0 bridgehead atoms. The molecule has 0 radical (unpaired) electrons. The van der Waals surface area contributed by atoms with E-state index in [9.17, 15) is 15.3 Å². The van der Waals surface area contributed by atoms with Crippen molar-refractivity contribution in [3.63, 3.8) is 0 Å². The Morgan fingerprint density at radius 2 is 1.46 bits per heavy atom. The van der Waals surface area contributed by atoms with Crippen LogP contribution in [-0.2, 0) is 6.42 Å². The summed E-state index contributed by atoms with van der Waals surface area (Å²) in [6, 6.07) is 4.44. The molecule has 148 valence electrons. The van der Waals surface area contributed by atoms with Gasteiger partial charge < -0.3 is 15.3 Å². The molecular formula is C23H38O3. The number of aromatic hydroxyl groups is 2. The molecule has 3 nitrogen and oxygen atoms in total. The SMILES string of the molecule is CCCCCCCC/C=C\CCCCC[C@@H](O)Cc1cc(O)ccc1O. The lowest BCUT2D eigenvalue weighted by atomic mass is 10.0.